The van der Waals surface area contributed by atoms with E-state index in [1.807, 2.05) is 42.5 Å². The van der Waals surface area contributed by atoms with E-state index in [2.05, 4.69) is 15.5 Å². The molecule has 0 aliphatic rings. The van der Waals surface area contributed by atoms with E-state index in [-0.39, 0.29) is 11.8 Å². The van der Waals surface area contributed by atoms with Gasteiger partial charge in [0.1, 0.15) is 11.4 Å². The number of anilines is 1. The number of benzene rings is 1. The first-order valence-corrected chi connectivity index (χ1v) is 7.26. The predicted molar refractivity (Wildman–Crippen MR) is 90.4 cm³/mol. The Labute approximate surface area is 138 Å². The first-order valence-electron chi connectivity index (χ1n) is 7.26. The molecule has 2 aromatic heterocycles. The Morgan fingerprint density at radius 1 is 1.17 bits per heavy atom. The van der Waals surface area contributed by atoms with Crippen LogP contribution in [0.1, 0.15) is 5.56 Å². The van der Waals surface area contributed by atoms with E-state index in [0.29, 0.717) is 11.4 Å². The quantitative estimate of drug-likeness (QED) is 0.729. The molecule has 0 spiro atoms. The molecule has 0 radical (unpaired) electrons. The maximum atomic E-state index is 12.0. The summed E-state index contributed by atoms with van der Waals surface area (Å²) in [6.45, 7) is 0. The third-order valence-electron chi connectivity index (χ3n) is 3.20. The van der Waals surface area contributed by atoms with Gasteiger partial charge in [0, 0.05) is 18.3 Å². The van der Waals surface area contributed by atoms with Crippen molar-refractivity contribution in [3.05, 3.63) is 66.4 Å². The minimum Gasteiger partial charge on any atom is -0.497 e. The lowest BCUT2D eigenvalue weighted by atomic mass is 10.2. The van der Waals surface area contributed by atoms with Crippen molar-refractivity contribution in [3.63, 3.8) is 0 Å². The van der Waals surface area contributed by atoms with Gasteiger partial charge in [0.25, 0.3) is 5.91 Å². The number of hydrogen-bond donors (Lipinski definition) is 1. The molecule has 0 fully saturated rings. The van der Waals surface area contributed by atoms with Gasteiger partial charge < -0.3 is 9.26 Å². The van der Waals surface area contributed by atoms with E-state index in [4.69, 9.17) is 9.26 Å². The molecule has 1 amide bonds. The van der Waals surface area contributed by atoms with Crippen molar-refractivity contribution in [1.82, 2.24) is 10.1 Å². The monoisotopic (exact) mass is 321 g/mol. The van der Waals surface area contributed by atoms with Crippen LogP contribution in [-0.2, 0) is 4.79 Å². The summed E-state index contributed by atoms with van der Waals surface area (Å²) in [5.41, 5.74) is 2.09. The standard InChI is InChI=1S/C18H15N3O3/c1-23-14-6-4-5-13(11-14)8-9-17(22)20-18-12-16(21-24-18)15-7-2-3-10-19-15/h2-12H,1H3,(H,20,22). The molecule has 6 nitrogen and oxygen atoms in total. The Hall–Kier alpha value is -3.41. The van der Waals surface area contributed by atoms with Crippen molar-refractivity contribution in [2.24, 2.45) is 0 Å². The molecule has 0 atom stereocenters. The lowest BCUT2D eigenvalue weighted by Gasteiger charge is -2.00. The van der Waals surface area contributed by atoms with Gasteiger partial charge in [0.05, 0.1) is 12.8 Å². The van der Waals surface area contributed by atoms with Crippen molar-refractivity contribution >= 4 is 17.9 Å². The van der Waals surface area contributed by atoms with Crippen LogP contribution in [0.4, 0.5) is 5.88 Å². The van der Waals surface area contributed by atoms with Crippen molar-refractivity contribution in [2.45, 2.75) is 0 Å². The van der Waals surface area contributed by atoms with Gasteiger partial charge >= 0.3 is 0 Å². The van der Waals surface area contributed by atoms with Crippen LogP contribution in [0, 0.1) is 0 Å². The minimum absolute atomic E-state index is 0.260. The highest BCUT2D eigenvalue weighted by molar-refractivity contribution is 6.01. The number of methoxy groups -OCH3 is 1. The van der Waals surface area contributed by atoms with Crippen LogP contribution in [0.15, 0.2) is 65.3 Å². The van der Waals surface area contributed by atoms with Gasteiger partial charge in [0.15, 0.2) is 0 Å². The van der Waals surface area contributed by atoms with E-state index in [0.717, 1.165) is 11.3 Å². The Morgan fingerprint density at radius 3 is 2.88 bits per heavy atom. The van der Waals surface area contributed by atoms with E-state index in [1.165, 1.54) is 6.08 Å². The Balaban J connectivity index is 1.65. The molecule has 1 N–H and O–H groups in total. The van der Waals surface area contributed by atoms with Gasteiger partial charge in [-0.2, -0.15) is 0 Å². The zero-order valence-electron chi connectivity index (χ0n) is 13.0. The average molecular weight is 321 g/mol. The molecule has 6 heteroatoms. The molecular formula is C18H15N3O3. The molecular weight excluding hydrogens is 306 g/mol. The predicted octanol–water partition coefficient (Wildman–Crippen LogP) is 3.40. The summed E-state index contributed by atoms with van der Waals surface area (Å²) in [5, 5.41) is 6.50. The SMILES string of the molecule is COc1cccc(C=CC(=O)Nc2cc(-c3ccccn3)no2)c1. The summed E-state index contributed by atoms with van der Waals surface area (Å²) >= 11 is 0. The molecule has 0 aliphatic carbocycles. The molecule has 24 heavy (non-hydrogen) atoms. The fraction of sp³-hybridized carbons (Fsp3) is 0.0556. The molecule has 120 valence electrons. The van der Waals surface area contributed by atoms with Gasteiger partial charge in [-0.05, 0) is 35.9 Å². The van der Waals surface area contributed by atoms with Gasteiger partial charge in [-0.3, -0.25) is 15.1 Å². The summed E-state index contributed by atoms with van der Waals surface area (Å²) in [4.78, 5) is 16.1. The highest BCUT2D eigenvalue weighted by Gasteiger charge is 2.08. The van der Waals surface area contributed by atoms with Gasteiger partial charge in [-0.15, -0.1) is 0 Å². The number of nitrogens with one attached hydrogen (secondary N) is 1. The van der Waals surface area contributed by atoms with E-state index in [9.17, 15) is 4.79 Å². The van der Waals surface area contributed by atoms with Crippen LogP contribution >= 0.6 is 0 Å². The van der Waals surface area contributed by atoms with Crippen LogP contribution in [0.5, 0.6) is 5.75 Å². The smallest absolute Gasteiger partial charge is 0.250 e. The summed E-state index contributed by atoms with van der Waals surface area (Å²) < 4.78 is 10.2. The minimum atomic E-state index is -0.318. The number of rotatable bonds is 5. The number of carbonyl (C=O) groups excluding carboxylic acids is 1. The zero-order valence-corrected chi connectivity index (χ0v) is 13.0. The summed E-state index contributed by atoms with van der Waals surface area (Å²) in [6.07, 6.45) is 4.77. The molecule has 3 aromatic rings. The van der Waals surface area contributed by atoms with Crippen LogP contribution in [-0.4, -0.2) is 23.2 Å². The van der Waals surface area contributed by atoms with Crippen molar-refractivity contribution < 1.29 is 14.1 Å². The average Bonchev–Trinajstić information content (AvgIpc) is 3.09. The number of aromatic nitrogens is 2. The van der Waals surface area contributed by atoms with Gasteiger partial charge in [-0.1, -0.05) is 23.4 Å². The Morgan fingerprint density at radius 2 is 2.08 bits per heavy atom. The van der Waals surface area contributed by atoms with Crippen molar-refractivity contribution in [2.75, 3.05) is 12.4 Å². The van der Waals surface area contributed by atoms with Crippen molar-refractivity contribution in [1.29, 1.82) is 0 Å². The van der Waals surface area contributed by atoms with E-state index in [1.54, 1.807) is 25.4 Å². The topological polar surface area (TPSA) is 77.2 Å². The molecule has 2 heterocycles. The van der Waals surface area contributed by atoms with Crippen molar-refractivity contribution in [3.8, 4) is 17.1 Å². The molecule has 0 bridgehead atoms. The molecule has 0 aliphatic heterocycles. The first kappa shape index (κ1) is 15.5. The first-order chi connectivity index (χ1) is 11.7. The Kier molecular flexibility index (Phi) is 4.67. The molecule has 3 rings (SSSR count). The number of carbonyl (C=O) groups is 1. The fourth-order valence-corrected chi connectivity index (χ4v) is 2.05. The largest absolute Gasteiger partial charge is 0.497 e. The third kappa shape index (κ3) is 3.86. The van der Waals surface area contributed by atoms with Crippen LogP contribution < -0.4 is 10.1 Å². The number of amides is 1. The van der Waals surface area contributed by atoms with Crippen LogP contribution in [0.25, 0.3) is 17.5 Å². The van der Waals surface area contributed by atoms with E-state index >= 15 is 0 Å². The molecule has 0 unspecified atom stereocenters. The fourth-order valence-electron chi connectivity index (χ4n) is 2.05. The summed E-state index contributed by atoms with van der Waals surface area (Å²) in [7, 11) is 1.60. The highest BCUT2D eigenvalue weighted by atomic mass is 16.5. The second-order valence-corrected chi connectivity index (χ2v) is 4.89. The van der Waals surface area contributed by atoms with Crippen LogP contribution in [0.3, 0.4) is 0 Å². The highest BCUT2D eigenvalue weighted by Crippen LogP contribution is 2.19. The number of ether oxygens (including phenoxy) is 1. The zero-order chi connectivity index (χ0) is 16.8. The Bertz CT molecular complexity index is 857. The third-order valence-corrected chi connectivity index (χ3v) is 3.20. The van der Waals surface area contributed by atoms with Gasteiger partial charge in [-0.25, -0.2) is 0 Å². The second kappa shape index (κ2) is 7.23. The lowest BCUT2D eigenvalue weighted by molar-refractivity contribution is -0.112. The lowest BCUT2D eigenvalue weighted by Crippen LogP contribution is -2.06. The number of nitrogens with zero attached hydrogens (tertiary/aromatic N) is 2. The maximum absolute atomic E-state index is 12.0. The van der Waals surface area contributed by atoms with Crippen LogP contribution in [0.2, 0.25) is 0 Å². The normalized spacial score (nSPS) is 10.7. The van der Waals surface area contributed by atoms with E-state index < -0.39 is 0 Å². The maximum Gasteiger partial charge on any atom is 0.250 e. The van der Waals surface area contributed by atoms with Gasteiger partial charge in [0.2, 0.25) is 5.88 Å². The summed E-state index contributed by atoms with van der Waals surface area (Å²) in [6, 6.07) is 14.5. The second-order valence-electron chi connectivity index (χ2n) is 4.89. The number of pyridine rings is 1. The summed E-state index contributed by atoms with van der Waals surface area (Å²) in [5.74, 6) is 0.672. The molecule has 0 saturated heterocycles. The number of hydrogen-bond acceptors (Lipinski definition) is 5. The molecule has 1 aromatic carbocycles. The molecule has 0 saturated carbocycles.